The first-order valence-electron chi connectivity index (χ1n) is 11.5. The Morgan fingerprint density at radius 3 is 2.54 bits per heavy atom. The molecule has 0 bridgehead atoms. The van der Waals surface area contributed by atoms with Gasteiger partial charge in [0.15, 0.2) is 0 Å². The predicted octanol–water partition coefficient (Wildman–Crippen LogP) is 4.64. The summed E-state index contributed by atoms with van der Waals surface area (Å²) in [6.07, 6.45) is 1.16. The molecule has 0 fully saturated rings. The summed E-state index contributed by atoms with van der Waals surface area (Å²) in [7, 11) is 0. The minimum Gasteiger partial charge on any atom is -0.444 e. The summed E-state index contributed by atoms with van der Waals surface area (Å²) < 4.78 is 5.18. The Balaban J connectivity index is 1.50. The number of aliphatic imine (C=N–C) groups is 1. The number of aromatic amines is 1. The number of alkyl carbamates (subject to hydrolysis) is 1. The van der Waals surface area contributed by atoms with Gasteiger partial charge in [0.2, 0.25) is 5.91 Å². The highest BCUT2D eigenvalue weighted by molar-refractivity contribution is 5.96. The van der Waals surface area contributed by atoms with E-state index in [2.05, 4.69) is 25.8 Å². The zero-order chi connectivity index (χ0) is 25.4. The Morgan fingerprint density at radius 2 is 1.80 bits per heavy atom. The van der Waals surface area contributed by atoms with E-state index in [0.717, 1.165) is 10.9 Å². The number of amides is 2. The van der Waals surface area contributed by atoms with Crippen molar-refractivity contribution in [3.63, 3.8) is 0 Å². The second kappa shape index (κ2) is 11.4. The molecule has 0 saturated heterocycles. The molecule has 3 rings (SSSR count). The Labute approximate surface area is 204 Å². The molecule has 1 heterocycles. The maximum atomic E-state index is 12.4. The molecule has 2 aromatic carbocycles. The monoisotopic (exact) mass is 477 g/mol. The standard InChI is InChI=1S/C26H31N5O4/c1-17(28-25(34)35-26(2,3)4)27-15-8-7-14-22(32)29-19-11-9-10-18(16-19)23-20-12-5-6-13-21(20)24(33)31-30-23/h5-6,9-13,16H,7-8,14-15H2,1-4H3,(H,29,32)(H,31,33)(H,27,28,34). The molecule has 0 aliphatic carbocycles. The van der Waals surface area contributed by atoms with Crippen molar-refractivity contribution in [2.24, 2.45) is 4.99 Å². The summed E-state index contributed by atoms with van der Waals surface area (Å²) in [4.78, 5) is 40.5. The van der Waals surface area contributed by atoms with Crippen LogP contribution in [-0.2, 0) is 9.53 Å². The van der Waals surface area contributed by atoms with E-state index in [-0.39, 0.29) is 11.5 Å². The van der Waals surface area contributed by atoms with E-state index in [1.807, 2.05) is 42.5 Å². The van der Waals surface area contributed by atoms with Crippen molar-refractivity contribution in [3.05, 3.63) is 58.9 Å². The Hall–Kier alpha value is -4.01. The normalized spacial score (nSPS) is 11.8. The third kappa shape index (κ3) is 7.77. The van der Waals surface area contributed by atoms with E-state index in [4.69, 9.17) is 4.74 Å². The fourth-order valence-electron chi connectivity index (χ4n) is 3.44. The number of carbonyl (C=O) groups excluding carboxylic acids is 2. The number of hydrogen-bond donors (Lipinski definition) is 3. The molecule has 0 aliphatic heterocycles. The van der Waals surface area contributed by atoms with Gasteiger partial charge in [-0.1, -0.05) is 30.3 Å². The summed E-state index contributed by atoms with van der Waals surface area (Å²) in [5.41, 5.74) is 1.28. The number of H-pyrrole nitrogens is 1. The van der Waals surface area contributed by atoms with Gasteiger partial charge in [-0.15, -0.1) is 0 Å². The van der Waals surface area contributed by atoms with Gasteiger partial charge in [0, 0.05) is 29.6 Å². The summed E-state index contributed by atoms with van der Waals surface area (Å²) in [6, 6.07) is 14.6. The number of amidine groups is 1. The highest BCUT2D eigenvalue weighted by Crippen LogP contribution is 2.26. The lowest BCUT2D eigenvalue weighted by Gasteiger charge is -2.19. The van der Waals surface area contributed by atoms with Crippen LogP contribution in [0.25, 0.3) is 22.0 Å². The van der Waals surface area contributed by atoms with Gasteiger partial charge in [0.1, 0.15) is 11.4 Å². The molecular formula is C26H31N5O4. The predicted molar refractivity (Wildman–Crippen MR) is 138 cm³/mol. The Morgan fingerprint density at radius 1 is 1.06 bits per heavy atom. The van der Waals surface area contributed by atoms with Gasteiger partial charge >= 0.3 is 6.09 Å². The van der Waals surface area contributed by atoms with Crippen LogP contribution < -0.4 is 16.2 Å². The van der Waals surface area contributed by atoms with Gasteiger partial charge in [-0.05, 0) is 58.7 Å². The molecule has 184 valence electrons. The summed E-state index contributed by atoms with van der Waals surface area (Å²) >= 11 is 0. The molecule has 0 spiro atoms. The lowest BCUT2D eigenvalue weighted by Crippen LogP contribution is -2.35. The average molecular weight is 478 g/mol. The molecule has 1 aromatic heterocycles. The zero-order valence-corrected chi connectivity index (χ0v) is 20.5. The van der Waals surface area contributed by atoms with E-state index < -0.39 is 11.7 Å². The van der Waals surface area contributed by atoms with Crippen molar-refractivity contribution in [2.45, 2.75) is 52.6 Å². The molecule has 9 heteroatoms. The van der Waals surface area contributed by atoms with Crippen molar-refractivity contribution < 1.29 is 14.3 Å². The van der Waals surface area contributed by atoms with Crippen molar-refractivity contribution in [1.29, 1.82) is 0 Å². The summed E-state index contributed by atoms with van der Waals surface area (Å²) in [6.45, 7) is 7.58. The van der Waals surface area contributed by atoms with Gasteiger partial charge in [0.05, 0.1) is 11.1 Å². The van der Waals surface area contributed by atoms with Gasteiger partial charge in [-0.3, -0.25) is 19.9 Å². The molecule has 0 unspecified atom stereocenters. The first-order chi connectivity index (χ1) is 16.6. The highest BCUT2D eigenvalue weighted by atomic mass is 16.6. The maximum Gasteiger partial charge on any atom is 0.413 e. The first kappa shape index (κ1) is 25.6. The SMILES string of the molecule is CC(=NCCCCC(=O)Nc1cccc(-c2n[nH]c(=O)c3ccccc23)c1)NC(=O)OC(C)(C)C. The summed E-state index contributed by atoms with van der Waals surface area (Å²) in [5.74, 6) is 0.373. The molecule has 0 aliphatic rings. The van der Waals surface area contributed by atoms with Crippen LogP contribution >= 0.6 is 0 Å². The number of aromatic nitrogens is 2. The van der Waals surface area contributed by atoms with E-state index in [0.29, 0.717) is 48.4 Å². The first-order valence-corrected chi connectivity index (χ1v) is 11.5. The number of nitrogens with one attached hydrogen (secondary N) is 3. The van der Waals surface area contributed by atoms with Crippen LogP contribution in [-0.4, -0.2) is 40.2 Å². The molecular weight excluding hydrogens is 446 g/mol. The van der Waals surface area contributed by atoms with Crippen molar-refractivity contribution in [3.8, 4) is 11.3 Å². The molecule has 0 saturated carbocycles. The third-order valence-corrected chi connectivity index (χ3v) is 4.96. The number of carbonyl (C=O) groups is 2. The average Bonchev–Trinajstić information content (AvgIpc) is 2.78. The Bertz CT molecular complexity index is 1290. The lowest BCUT2D eigenvalue weighted by atomic mass is 10.0. The molecule has 35 heavy (non-hydrogen) atoms. The van der Waals surface area contributed by atoms with Crippen LogP contribution in [0.3, 0.4) is 0 Å². The number of fused-ring (bicyclic) bond motifs is 1. The zero-order valence-electron chi connectivity index (χ0n) is 20.5. The van der Waals surface area contributed by atoms with Crippen LogP contribution in [0.2, 0.25) is 0 Å². The molecule has 3 aromatic rings. The van der Waals surface area contributed by atoms with E-state index >= 15 is 0 Å². The summed E-state index contributed by atoms with van der Waals surface area (Å²) in [5, 5.41) is 13.6. The smallest absolute Gasteiger partial charge is 0.413 e. The third-order valence-electron chi connectivity index (χ3n) is 4.96. The van der Waals surface area contributed by atoms with Crippen LogP contribution in [0.1, 0.15) is 47.0 Å². The van der Waals surface area contributed by atoms with E-state index in [9.17, 15) is 14.4 Å². The molecule has 0 atom stereocenters. The fraction of sp³-hybridized carbons (Fsp3) is 0.346. The van der Waals surface area contributed by atoms with Crippen molar-refractivity contribution in [1.82, 2.24) is 15.5 Å². The number of anilines is 1. The number of rotatable bonds is 7. The van der Waals surface area contributed by atoms with E-state index in [1.165, 1.54) is 0 Å². The number of hydrogen-bond acceptors (Lipinski definition) is 6. The van der Waals surface area contributed by atoms with Crippen molar-refractivity contribution in [2.75, 3.05) is 11.9 Å². The van der Waals surface area contributed by atoms with Crippen LogP contribution in [0.15, 0.2) is 58.3 Å². The topological polar surface area (TPSA) is 126 Å². The van der Waals surface area contributed by atoms with E-state index in [1.54, 1.807) is 33.8 Å². The van der Waals surface area contributed by atoms with Crippen LogP contribution in [0, 0.1) is 0 Å². The largest absolute Gasteiger partial charge is 0.444 e. The van der Waals surface area contributed by atoms with Crippen LogP contribution in [0.5, 0.6) is 0 Å². The minimum absolute atomic E-state index is 0.103. The lowest BCUT2D eigenvalue weighted by molar-refractivity contribution is -0.116. The van der Waals surface area contributed by atoms with Gasteiger partial charge in [0.25, 0.3) is 5.56 Å². The van der Waals surface area contributed by atoms with Gasteiger partial charge < -0.3 is 10.1 Å². The van der Waals surface area contributed by atoms with Gasteiger partial charge in [-0.25, -0.2) is 9.89 Å². The number of benzene rings is 2. The van der Waals surface area contributed by atoms with Crippen molar-refractivity contribution >= 4 is 34.3 Å². The highest BCUT2D eigenvalue weighted by Gasteiger charge is 2.16. The fourth-order valence-corrected chi connectivity index (χ4v) is 3.44. The van der Waals surface area contributed by atoms with Gasteiger partial charge in [-0.2, -0.15) is 5.10 Å². The number of unbranched alkanes of at least 4 members (excludes halogenated alkanes) is 1. The van der Waals surface area contributed by atoms with Crippen LogP contribution in [0.4, 0.5) is 10.5 Å². The number of nitrogens with zero attached hydrogens (tertiary/aromatic N) is 2. The molecule has 2 amide bonds. The minimum atomic E-state index is -0.568. The second-order valence-corrected chi connectivity index (χ2v) is 9.13. The molecule has 3 N–H and O–H groups in total. The molecule has 9 nitrogen and oxygen atoms in total. The molecule has 0 radical (unpaired) electrons. The maximum absolute atomic E-state index is 12.4. The number of ether oxygens (including phenoxy) is 1. The Kier molecular flexibility index (Phi) is 8.35. The second-order valence-electron chi connectivity index (χ2n) is 9.13. The quantitative estimate of drug-likeness (QED) is 0.260.